The molecule has 0 aliphatic carbocycles. The van der Waals surface area contributed by atoms with E-state index < -0.39 is 35.2 Å². The molecule has 2 aromatic heterocycles. The first-order chi connectivity index (χ1) is 11.3. The van der Waals surface area contributed by atoms with E-state index in [1.165, 1.54) is 24.5 Å². The van der Waals surface area contributed by atoms with Crippen molar-refractivity contribution < 1.29 is 27.5 Å². The summed E-state index contributed by atoms with van der Waals surface area (Å²) in [7, 11) is 0. The summed E-state index contributed by atoms with van der Waals surface area (Å²) in [5, 5.41) is 1.76. The Morgan fingerprint density at radius 2 is 2.04 bits per heavy atom. The van der Waals surface area contributed by atoms with Gasteiger partial charge in [0.05, 0.1) is 16.1 Å². The number of hydrogen-bond donors (Lipinski definition) is 1. The fourth-order valence-electron chi connectivity index (χ4n) is 1.55. The average Bonchev–Trinajstić information content (AvgIpc) is 2.54. The number of esters is 1. The maximum Gasteiger partial charge on any atom is 0.417 e. The maximum atomic E-state index is 12.5. The first-order valence-corrected chi connectivity index (χ1v) is 6.75. The fourth-order valence-corrected chi connectivity index (χ4v) is 1.76. The smallest absolute Gasteiger partial charge is 0.417 e. The lowest BCUT2D eigenvalue weighted by atomic mass is 10.3. The quantitative estimate of drug-likeness (QED) is 0.849. The molecule has 0 atom stereocenters. The number of amides is 1. The monoisotopic (exact) mass is 359 g/mol. The molecule has 2 aromatic rings. The van der Waals surface area contributed by atoms with Crippen LogP contribution in [0.5, 0.6) is 0 Å². The number of anilines is 1. The number of carbonyl (C=O) groups is 2. The van der Waals surface area contributed by atoms with E-state index in [2.05, 4.69) is 15.3 Å². The Kier molecular flexibility index (Phi) is 5.35. The van der Waals surface area contributed by atoms with Crippen molar-refractivity contribution >= 4 is 29.3 Å². The highest BCUT2D eigenvalue weighted by molar-refractivity contribution is 6.33. The lowest BCUT2D eigenvalue weighted by molar-refractivity contribution is -0.137. The molecule has 0 aromatic carbocycles. The van der Waals surface area contributed by atoms with Crippen LogP contribution >= 0.6 is 11.6 Å². The van der Waals surface area contributed by atoms with Crippen LogP contribution in [0, 0.1) is 0 Å². The number of nitrogens with one attached hydrogen (secondary N) is 1. The number of nitrogens with zero attached hydrogens (tertiary/aromatic N) is 2. The molecule has 0 saturated heterocycles. The van der Waals surface area contributed by atoms with Gasteiger partial charge in [0.2, 0.25) is 0 Å². The predicted molar refractivity (Wildman–Crippen MR) is 77.4 cm³/mol. The molecule has 1 N–H and O–H groups in total. The minimum atomic E-state index is -4.60. The van der Waals surface area contributed by atoms with Crippen LogP contribution < -0.4 is 5.32 Å². The Morgan fingerprint density at radius 1 is 1.29 bits per heavy atom. The van der Waals surface area contributed by atoms with Crippen molar-refractivity contribution in [2.75, 3.05) is 11.9 Å². The summed E-state index contributed by atoms with van der Waals surface area (Å²) in [4.78, 5) is 30.4. The molecule has 0 radical (unpaired) electrons. The number of halogens is 4. The van der Waals surface area contributed by atoms with Crippen LogP contribution in [0.25, 0.3) is 0 Å². The molecule has 0 saturated carbocycles. The minimum absolute atomic E-state index is 0.149. The summed E-state index contributed by atoms with van der Waals surface area (Å²) >= 11 is 5.64. The van der Waals surface area contributed by atoms with Crippen LogP contribution in [-0.2, 0) is 15.7 Å². The largest absolute Gasteiger partial charge is 0.452 e. The number of ether oxygens (including phenoxy) is 1. The molecule has 1 amide bonds. The number of pyridine rings is 2. The molecule has 0 bridgehead atoms. The molecule has 2 rings (SSSR count). The number of hydrogen-bond acceptors (Lipinski definition) is 5. The van der Waals surface area contributed by atoms with Gasteiger partial charge in [0.25, 0.3) is 5.91 Å². The van der Waals surface area contributed by atoms with Gasteiger partial charge < -0.3 is 10.1 Å². The number of rotatable bonds is 4. The van der Waals surface area contributed by atoms with Gasteiger partial charge in [-0.1, -0.05) is 11.6 Å². The first-order valence-electron chi connectivity index (χ1n) is 6.37. The van der Waals surface area contributed by atoms with Crippen molar-refractivity contribution in [2.45, 2.75) is 6.18 Å². The Morgan fingerprint density at radius 3 is 2.62 bits per heavy atom. The molecule has 0 fully saturated rings. The molecule has 0 spiro atoms. The standard InChI is InChI=1S/C14H9ClF3N3O3/c15-10-4-9(14(16,17)18)6-20-12(10)21-11(22)7-24-13(23)8-2-1-3-19-5-8/h1-6H,7H2,(H,20,21,22). The molecule has 2 heterocycles. The highest BCUT2D eigenvalue weighted by Gasteiger charge is 2.31. The third-order valence-corrected chi connectivity index (χ3v) is 2.95. The van der Waals surface area contributed by atoms with Crippen molar-refractivity contribution in [3.05, 3.63) is 52.9 Å². The molecule has 24 heavy (non-hydrogen) atoms. The summed E-state index contributed by atoms with van der Waals surface area (Å²) in [5.74, 6) is -1.85. The fraction of sp³-hybridized carbons (Fsp3) is 0.143. The molecular formula is C14H9ClF3N3O3. The molecular weight excluding hydrogens is 351 g/mol. The number of aromatic nitrogens is 2. The normalized spacial score (nSPS) is 11.0. The Hall–Kier alpha value is -2.68. The van der Waals surface area contributed by atoms with E-state index >= 15 is 0 Å². The highest BCUT2D eigenvalue weighted by atomic mass is 35.5. The second kappa shape index (κ2) is 7.26. The zero-order valence-electron chi connectivity index (χ0n) is 11.8. The molecule has 6 nitrogen and oxygen atoms in total. The second-order valence-corrected chi connectivity index (χ2v) is 4.83. The molecule has 10 heteroatoms. The van der Waals surface area contributed by atoms with Gasteiger partial charge in [0.1, 0.15) is 0 Å². The van der Waals surface area contributed by atoms with E-state index in [4.69, 9.17) is 16.3 Å². The molecule has 0 unspecified atom stereocenters. The van der Waals surface area contributed by atoms with E-state index in [9.17, 15) is 22.8 Å². The van der Waals surface area contributed by atoms with Crippen LogP contribution in [0.1, 0.15) is 15.9 Å². The van der Waals surface area contributed by atoms with Gasteiger partial charge in [0.15, 0.2) is 12.4 Å². The summed E-state index contributed by atoms with van der Waals surface area (Å²) in [6, 6.07) is 3.59. The van der Waals surface area contributed by atoms with Crippen molar-refractivity contribution in [1.29, 1.82) is 0 Å². The lowest BCUT2D eigenvalue weighted by Crippen LogP contribution is -2.22. The Bertz CT molecular complexity index is 754. The van der Waals surface area contributed by atoms with Gasteiger partial charge in [-0.2, -0.15) is 13.2 Å². The third kappa shape index (κ3) is 4.66. The molecule has 0 aliphatic rings. The van der Waals surface area contributed by atoms with Crippen LogP contribution in [-0.4, -0.2) is 28.5 Å². The van der Waals surface area contributed by atoms with Crippen molar-refractivity contribution in [3.8, 4) is 0 Å². The van der Waals surface area contributed by atoms with Gasteiger partial charge in [-0.25, -0.2) is 9.78 Å². The first kappa shape index (κ1) is 17.7. The zero-order chi connectivity index (χ0) is 17.7. The van der Waals surface area contributed by atoms with Gasteiger partial charge in [-0.3, -0.25) is 9.78 Å². The van der Waals surface area contributed by atoms with Gasteiger partial charge in [0, 0.05) is 18.6 Å². The van der Waals surface area contributed by atoms with E-state index in [0.29, 0.717) is 12.3 Å². The van der Waals surface area contributed by atoms with Crippen LogP contribution in [0.2, 0.25) is 5.02 Å². The zero-order valence-corrected chi connectivity index (χ0v) is 12.6. The summed E-state index contributed by atoms with van der Waals surface area (Å²) in [6.07, 6.45) is -1.35. The number of carbonyl (C=O) groups excluding carboxylic acids is 2. The Balaban J connectivity index is 1.94. The minimum Gasteiger partial charge on any atom is -0.452 e. The summed E-state index contributed by atoms with van der Waals surface area (Å²) in [6.45, 7) is -0.660. The van der Waals surface area contributed by atoms with Crippen molar-refractivity contribution in [3.63, 3.8) is 0 Å². The highest BCUT2D eigenvalue weighted by Crippen LogP contribution is 2.32. The number of alkyl halides is 3. The maximum absolute atomic E-state index is 12.5. The molecule has 126 valence electrons. The summed E-state index contributed by atoms with van der Waals surface area (Å²) < 4.78 is 42.2. The third-order valence-electron chi connectivity index (χ3n) is 2.66. The lowest BCUT2D eigenvalue weighted by Gasteiger charge is -2.10. The SMILES string of the molecule is O=C(COC(=O)c1cccnc1)Nc1ncc(C(F)(F)F)cc1Cl. The van der Waals surface area contributed by atoms with Gasteiger partial charge in [-0.05, 0) is 18.2 Å². The van der Waals surface area contributed by atoms with Gasteiger partial charge in [-0.15, -0.1) is 0 Å². The van der Waals surface area contributed by atoms with E-state index in [1.807, 2.05) is 0 Å². The predicted octanol–water partition coefficient (Wildman–Crippen LogP) is 2.94. The van der Waals surface area contributed by atoms with Crippen LogP contribution in [0.4, 0.5) is 19.0 Å². The van der Waals surface area contributed by atoms with Crippen molar-refractivity contribution in [1.82, 2.24) is 9.97 Å². The van der Waals surface area contributed by atoms with E-state index in [1.54, 1.807) is 0 Å². The second-order valence-electron chi connectivity index (χ2n) is 4.42. The average molecular weight is 360 g/mol. The topological polar surface area (TPSA) is 81.2 Å². The van der Waals surface area contributed by atoms with Crippen LogP contribution in [0.15, 0.2) is 36.8 Å². The van der Waals surface area contributed by atoms with Gasteiger partial charge >= 0.3 is 12.1 Å². The van der Waals surface area contributed by atoms with E-state index in [-0.39, 0.29) is 11.4 Å². The van der Waals surface area contributed by atoms with Crippen molar-refractivity contribution in [2.24, 2.45) is 0 Å². The summed E-state index contributed by atoms with van der Waals surface area (Å²) in [5.41, 5.74) is -0.899. The molecule has 0 aliphatic heterocycles. The Labute approximate surface area is 138 Å². The van der Waals surface area contributed by atoms with Crippen LogP contribution in [0.3, 0.4) is 0 Å². The van der Waals surface area contributed by atoms with E-state index in [0.717, 1.165) is 0 Å².